The Bertz CT molecular complexity index is 667. The predicted octanol–water partition coefficient (Wildman–Crippen LogP) is -0.928. The van der Waals surface area contributed by atoms with Crippen LogP contribution in [0.1, 0.15) is 5.56 Å². The number of nitrogens with one attached hydrogen (secondary N) is 1. The Morgan fingerprint density at radius 3 is 2.04 bits per heavy atom. The van der Waals surface area contributed by atoms with E-state index >= 15 is 0 Å². The van der Waals surface area contributed by atoms with E-state index in [1.54, 1.807) is 0 Å². The number of amides is 2. The molecular formula is C15H23N3O6S. The Morgan fingerprint density at radius 2 is 1.60 bits per heavy atom. The fraction of sp³-hybridized carbons (Fsp3) is 0.467. The number of benzene rings is 1. The van der Waals surface area contributed by atoms with E-state index in [1.165, 1.54) is 43.4 Å². The molecule has 0 radical (unpaired) electrons. The van der Waals surface area contributed by atoms with Gasteiger partial charge in [0.25, 0.3) is 0 Å². The minimum absolute atomic E-state index is 0.0241. The van der Waals surface area contributed by atoms with E-state index in [2.05, 4.69) is 5.32 Å². The largest absolute Gasteiger partial charge is 0.383 e. The van der Waals surface area contributed by atoms with Crippen molar-refractivity contribution in [3.63, 3.8) is 0 Å². The van der Waals surface area contributed by atoms with E-state index in [9.17, 15) is 18.0 Å². The van der Waals surface area contributed by atoms with Crippen molar-refractivity contribution >= 4 is 21.8 Å². The number of primary sulfonamides is 1. The van der Waals surface area contributed by atoms with Crippen molar-refractivity contribution in [1.82, 2.24) is 10.2 Å². The van der Waals surface area contributed by atoms with Gasteiger partial charge in [-0.1, -0.05) is 12.1 Å². The average Bonchev–Trinajstić information content (AvgIpc) is 2.59. The van der Waals surface area contributed by atoms with Crippen LogP contribution in [0.3, 0.4) is 0 Å². The van der Waals surface area contributed by atoms with Crippen molar-refractivity contribution in [2.75, 3.05) is 40.5 Å². The molecule has 1 rings (SSSR count). The third-order valence-corrected chi connectivity index (χ3v) is 4.25. The molecule has 140 valence electrons. The molecule has 0 spiro atoms. The quantitative estimate of drug-likeness (QED) is 0.538. The molecule has 0 atom stereocenters. The molecule has 0 aromatic heterocycles. The lowest BCUT2D eigenvalue weighted by Crippen LogP contribution is -2.45. The second-order valence-electron chi connectivity index (χ2n) is 5.15. The highest BCUT2D eigenvalue weighted by atomic mass is 32.2. The standard InChI is InChI=1S/C15H23N3O6S/c1-23-9-7-18(8-10-24-2)15(20)14(19)17-11-12-3-5-13(6-4-12)25(16,21)22/h3-6H,7-11H2,1-2H3,(H,17,19)(H2,16,21,22). The SMILES string of the molecule is COCCN(CCOC)C(=O)C(=O)NCc1ccc(S(N)(=O)=O)cc1. The highest BCUT2D eigenvalue weighted by molar-refractivity contribution is 7.89. The van der Waals surface area contributed by atoms with Crippen LogP contribution in [0.4, 0.5) is 0 Å². The molecule has 0 unspecified atom stereocenters. The number of nitrogens with zero attached hydrogens (tertiary/aromatic N) is 1. The zero-order chi connectivity index (χ0) is 18.9. The molecule has 0 heterocycles. The molecular weight excluding hydrogens is 350 g/mol. The Kier molecular flexibility index (Phi) is 8.49. The second-order valence-corrected chi connectivity index (χ2v) is 6.71. The van der Waals surface area contributed by atoms with Gasteiger partial charge in [0.2, 0.25) is 10.0 Å². The lowest BCUT2D eigenvalue weighted by atomic mass is 10.2. The van der Waals surface area contributed by atoms with Crippen LogP contribution in [0.2, 0.25) is 0 Å². The van der Waals surface area contributed by atoms with Gasteiger partial charge in [0, 0.05) is 33.9 Å². The summed E-state index contributed by atoms with van der Waals surface area (Å²) < 4.78 is 32.2. The number of sulfonamides is 1. The summed E-state index contributed by atoms with van der Waals surface area (Å²) >= 11 is 0. The lowest BCUT2D eigenvalue weighted by Gasteiger charge is -2.21. The third-order valence-electron chi connectivity index (χ3n) is 3.32. The molecule has 0 aliphatic heterocycles. The van der Waals surface area contributed by atoms with Crippen LogP contribution in [0, 0.1) is 0 Å². The Balaban J connectivity index is 2.62. The van der Waals surface area contributed by atoms with Gasteiger partial charge in [-0.3, -0.25) is 9.59 Å². The van der Waals surface area contributed by atoms with Gasteiger partial charge in [0.05, 0.1) is 18.1 Å². The van der Waals surface area contributed by atoms with Gasteiger partial charge in [0.15, 0.2) is 0 Å². The molecule has 10 heteroatoms. The number of nitrogens with two attached hydrogens (primary N) is 1. The zero-order valence-corrected chi connectivity index (χ0v) is 15.0. The zero-order valence-electron chi connectivity index (χ0n) is 14.2. The van der Waals surface area contributed by atoms with Crippen LogP contribution in [0.15, 0.2) is 29.2 Å². The molecule has 3 N–H and O–H groups in total. The summed E-state index contributed by atoms with van der Waals surface area (Å²) in [7, 11) is -0.757. The van der Waals surface area contributed by atoms with Crippen LogP contribution in [-0.2, 0) is 35.6 Å². The normalized spacial score (nSPS) is 11.2. The number of hydrogen-bond acceptors (Lipinski definition) is 6. The van der Waals surface area contributed by atoms with Gasteiger partial charge < -0.3 is 19.7 Å². The van der Waals surface area contributed by atoms with Crippen LogP contribution in [-0.4, -0.2) is 65.7 Å². The molecule has 1 aromatic rings. The van der Waals surface area contributed by atoms with Crippen molar-refractivity contribution < 1.29 is 27.5 Å². The van der Waals surface area contributed by atoms with E-state index < -0.39 is 21.8 Å². The maximum atomic E-state index is 12.2. The summed E-state index contributed by atoms with van der Waals surface area (Å²) in [6.07, 6.45) is 0. The van der Waals surface area contributed by atoms with Crippen molar-refractivity contribution in [2.24, 2.45) is 5.14 Å². The van der Waals surface area contributed by atoms with Gasteiger partial charge in [0.1, 0.15) is 0 Å². The Hall–Kier alpha value is -2.01. The first-order valence-electron chi connectivity index (χ1n) is 7.46. The summed E-state index contributed by atoms with van der Waals surface area (Å²) in [5.74, 6) is -1.45. The number of carbonyl (C=O) groups is 2. The minimum atomic E-state index is -3.77. The maximum absolute atomic E-state index is 12.2. The van der Waals surface area contributed by atoms with Gasteiger partial charge >= 0.3 is 11.8 Å². The van der Waals surface area contributed by atoms with Crippen molar-refractivity contribution in [3.8, 4) is 0 Å². The average molecular weight is 373 g/mol. The molecule has 2 amide bonds. The smallest absolute Gasteiger partial charge is 0.312 e. The predicted molar refractivity (Wildman–Crippen MR) is 90.0 cm³/mol. The number of hydrogen-bond donors (Lipinski definition) is 2. The first-order valence-corrected chi connectivity index (χ1v) is 9.01. The molecule has 0 saturated carbocycles. The number of ether oxygens (including phenoxy) is 2. The van der Waals surface area contributed by atoms with E-state index in [1.807, 2.05) is 0 Å². The second kappa shape index (κ2) is 10.1. The summed E-state index contributed by atoms with van der Waals surface area (Å²) in [5, 5.41) is 7.51. The molecule has 0 saturated heterocycles. The molecule has 1 aromatic carbocycles. The Morgan fingerprint density at radius 1 is 1.08 bits per heavy atom. The summed E-state index contributed by atoms with van der Waals surface area (Å²) in [5.41, 5.74) is 0.633. The topological polar surface area (TPSA) is 128 Å². The van der Waals surface area contributed by atoms with Crippen LogP contribution < -0.4 is 10.5 Å². The first-order chi connectivity index (χ1) is 11.8. The molecule has 0 aliphatic rings. The van der Waals surface area contributed by atoms with Crippen LogP contribution in [0.5, 0.6) is 0 Å². The lowest BCUT2D eigenvalue weighted by molar-refractivity contribution is -0.146. The van der Waals surface area contributed by atoms with Crippen molar-refractivity contribution in [2.45, 2.75) is 11.4 Å². The van der Waals surface area contributed by atoms with Crippen LogP contribution >= 0.6 is 0 Å². The molecule has 0 aliphatic carbocycles. The highest BCUT2D eigenvalue weighted by Gasteiger charge is 2.21. The summed E-state index contributed by atoms with van der Waals surface area (Å²) in [6, 6.07) is 5.69. The summed E-state index contributed by atoms with van der Waals surface area (Å²) in [4.78, 5) is 25.5. The van der Waals surface area contributed by atoms with Gasteiger partial charge in [-0.25, -0.2) is 13.6 Å². The molecule has 25 heavy (non-hydrogen) atoms. The van der Waals surface area contributed by atoms with Crippen LogP contribution in [0.25, 0.3) is 0 Å². The van der Waals surface area contributed by atoms with Crippen molar-refractivity contribution in [3.05, 3.63) is 29.8 Å². The Labute approximate surface area is 147 Å². The number of rotatable bonds is 9. The van der Waals surface area contributed by atoms with E-state index in [0.29, 0.717) is 18.8 Å². The highest BCUT2D eigenvalue weighted by Crippen LogP contribution is 2.08. The van der Waals surface area contributed by atoms with Crippen molar-refractivity contribution in [1.29, 1.82) is 0 Å². The minimum Gasteiger partial charge on any atom is -0.383 e. The van der Waals surface area contributed by atoms with E-state index in [0.717, 1.165) is 0 Å². The molecule has 0 bridgehead atoms. The summed E-state index contributed by atoms with van der Waals surface area (Å²) in [6.45, 7) is 1.23. The maximum Gasteiger partial charge on any atom is 0.312 e. The van der Waals surface area contributed by atoms with E-state index in [4.69, 9.17) is 14.6 Å². The fourth-order valence-corrected chi connectivity index (χ4v) is 2.43. The molecule has 0 fully saturated rings. The molecule has 9 nitrogen and oxygen atoms in total. The van der Waals surface area contributed by atoms with E-state index in [-0.39, 0.29) is 24.5 Å². The third kappa shape index (κ3) is 7.18. The fourth-order valence-electron chi connectivity index (χ4n) is 1.92. The first kappa shape index (κ1) is 21.0. The van der Waals surface area contributed by atoms with Gasteiger partial charge in [-0.05, 0) is 17.7 Å². The number of carbonyl (C=O) groups excluding carboxylic acids is 2. The van der Waals surface area contributed by atoms with Gasteiger partial charge in [-0.2, -0.15) is 0 Å². The monoisotopic (exact) mass is 373 g/mol. The van der Waals surface area contributed by atoms with Gasteiger partial charge in [-0.15, -0.1) is 0 Å². The number of methoxy groups -OCH3 is 2.